The highest BCUT2D eigenvalue weighted by Gasteiger charge is 2.58. The van der Waals surface area contributed by atoms with E-state index in [2.05, 4.69) is 6.92 Å². The summed E-state index contributed by atoms with van der Waals surface area (Å²) >= 11 is 0. The van der Waals surface area contributed by atoms with Crippen LogP contribution in [0.5, 0.6) is 0 Å². The molecule has 0 aromatic rings. The Hall–Kier alpha value is -0.930. The number of carbonyl (C=O) groups excluding carboxylic acids is 1. The monoisotopic (exact) mass is 496 g/mol. The van der Waals surface area contributed by atoms with Gasteiger partial charge in [0.15, 0.2) is 12.4 Å². The third-order valence-electron chi connectivity index (χ3n) is 6.29. The molecule has 2 fully saturated rings. The minimum absolute atomic E-state index is 0.110. The van der Waals surface area contributed by atoms with Crippen LogP contribution in [0.1, 0.15) is 58.3 Å². The van der Waals surface area contributed by atoms with Gasteiger partial charge in [-0.05, 0) is 6.42 Å². The van der Waals surface area contributed by atoms with Crippen molar-refractivity contribution in [3.8, 4) is 0 Å². The lowest BCUT2D eigenvalue weighted by molar-refractivity contribution is -0.383. The van der Waals surface area contributed by atoms with Gasteiger partial charge in [0.1, 0.15) is 43.2 Å². The smallest absolute Gasteiger partial charge is 0.306 e. The largest absolute Gasteiger partial charge is 0.457 e. The van der Waals surface area contributed by atoms with E-state index in [9.17, 15) is 40.5 Å². The molecule has 0 bridgehead atoms. The Bertz CT molecular complexity index is 604. The summed E-state index contributed by atoms with van der Waals surface area (Å²) in [7, 11) is 0. The van der Waals surface area contributed by atoms with E-state index in [1.807, 2.05) is 0 Å². The molecule has 0 saturated carbocycles. The van der Waals surface area contributed by atoms with Gasteiger partial charge in [0, 0.05) is 6.42 Å². The molecule has 2 aliphatic rings. The maximum absolute atomic E-state index is 12.2. The summed E-state index contributed by atoms with van der Waals surface area (Å²) < 4.78 is 21.4. The quantitative estimate of drug-likeness (QED) is 0.106. The Kier molecular flexibility index (Phi) is 12.0. The topological polar surface area (TPSA) is 196 Å². The molecule has 34 heavy (non-hydrogen) atoms. The van der Waals surface area contributed by atoms with E-state index in [4.69, 9.17) is 18.9 Å². The third kappa shape index (κ3) is 7.06. The Labute approximate surface area is 199 Å². The Balaban J connectivity index is 1.93. The second kappa shape index (κ2) is 14.0. The highest BCUT2D eigenvalue weighted by molar-refractivity contribution is 5.69. The molecule has 2 aliphatic heterocycles. The minimum Gasteiger partial charge on any atom is -0.457 e. The minimum atomic E-state index is -2.27. The van der Waals surface area contributed by atoms with Crippen molar-refractivity contribution >= 4 is 5.97 Å². The lowest BCUT2D eigenvalue weighted by atomic mass is 9.98. The van der Waals surface area contributed by atoms with Crippen LogP contribution >= 0.6 is 0 Å². The molecule has 7 N–H and O–H groups in total. The Morgan fingerprint density at radius 1 is 0.853 bits per heavy atom. The molecule has 2 saturated heterocycles. The van der Waals surface area contributed by atoms with Gasteiger partial charge in [0.05, 0.1) is 13.2 Å². The van der Waals surface area contributed by atoms with Crippen molar-refractivity contribution < 1.29 is 59.5 Å². The number of hydrogen-bond acceptors (Lipinski definition) is 12. The van der Waals surface area contributed by atoms with Crippen LogP contribution in [0.3, 0.4) is 0 Å². The van der Waals surface area contributed by atoms with E-state index < -0.39 is 80.6 Å². The van der Waals surface area contributed by atoms with Gasteiger partial charge < -0.3 is 54.7 Å². The fraction of sp³-hybridized carbons (Fsp3) is 0.955. The van der Waals surface area contributed by atoms with Crippen molar-refractivity contribution in [2.75, 3.05) is 19.8 Å². The SMILES string of the molecule is CCCCCCCCCC(=O)O[C@H]1[C@H](O)[C@@H](O)[C@@H](O[C@]2(CO)O[C@H](CO)[C@@H](O)[C@@H]2O)O[C@@H]1CO. The summed E-state index contributed by atoms with van der Waals surface area (Å²) in [4.78, 5) is 12.2. The molecule has 0 aromatic carbocycles. The molecule has 0 unspecified atom stereocenters. The van der Waals surface area contributed by atoms with E-state index in [0.29, 0.717) is 6.42 Å². The first-order valence-corrected chi connectivity index (χ1v) is 12.0. The van der Waals surface area contributed by atoms with Gasteiger partial charge in [-0.15, -0.1) is 0 Å². The van der Waals surface area contributed by atoms with Gasteiger partial charge in [0.25, 0.3) is 0 Å². The Morgan fingerprint density at radius 2 is 1.47 bits per heavy atom. The average molecular weight is 497 g/mol. The van der Waals surface area contributed by atoms with Crippen LogP contribution in [0.4, 0.5) is 0 Å². The van der Waals surface area contributed by atoms with Crippen molar-refractivity contribution in [2.24, 2.45) is 0 Å². The molecular formula is C22H40O12. The molecule has 0 amide bonds. The zero-order valence-corrected chi connectivity index (χ0v) is 19.6. The summed E-state index contributed by atoms with van der Waals surface area (Å²) in [5, 5.41) is 70.0. The lowest BCUT2D eigenvalue weighted by Crippen LogP contribution is -2.63. The number of esters is 1. The maximum atomic E-state index is 12.2. The van der Waals surface area contributed by atoms with E-state index >= 15 is 0 Å². The van der Waals surface area contributed by atoms with Gasteiger partial charge in [-0.1, -0.05) is 45.4 Å². The first-order chi connectivity index (χ1) is 16.2. The fourth-order valence-electron chi connectivity index (χ4n) is 4.20. The van der Waals surface area contributed by atoms with Crippen LogP contribution in [0, 0.1) is 0 Å². The highest BCUT2D eigenvalue weighted by atomic mass is 16.8. The van der Waals surface area contributed by atoms with Crippen molar-refractivity contribution in [3.05, 3.63) is 0 Å². The van der Waals surface area contributed by atoms with Crippen molar-refractivity contribution in [1.29, 1.82) is 0 Å². The summed E-state index contributed by atoms with van der Waals surface area (Å²) in [5.41, 5.74) is 0. The summed E-state index contributed by atoms with van der Waals surface area (Å²) in [5.74, 6) is -2.87. The summed E-state index contributed by atoms with van der Waals surface area (Å²) in [6.45, 7) is -0.227. The zero-order valence-electron chi connectivity index (χ0n) is 19.6. The van der Waals surface area contributed by atoms with E-state index in [1.54, 1.807) is 0 Å². The van der Waals surface area contributed by atoms with Crippen LogP contribution in [-0.4, -0.2) is 116 Å². The predicted molar refractivity (Wildman–Crippen MR) is 115 cm³/mol. The number of ether oxygens (including phenoxy) is 4. The molecule has 2 heterocycles. The van der Waals surface area contributed by atoms with Crippen LogP contribution in [0.2, 0.25) is 0 Å². The van der Waals surface area contributed by atoms with Crippen molar-refractivity contribution in [1.82, 2.24) is 0 Å². The first kappa shape index (κ1) is 29.3. The molecule has 9 atom stereocenters. The zero-order chi connectivity index (χ0) is 25.3. The number of aliphatic hydroxyl groups is 7. The molecule has 0 spiro atoms. The molecule has 2 rings (SSSR count). The number of hydrogen-bond donors (Lipinski definition) is 7. The van der Waals surface area contributed by atoms with Gasteiger partial charge in [-0.3, -0.25) is 4.79 Å². The molecular weight excluding hydrogens is 456 g/mol. The number of carbonyl (C=O) groups is 1. The molecule has 0 aromatic heterocycles. The molecule has 200 valence electrons. The Morgan fingerprint density at radius 3 is 2.03 bits per heavy atom. The molecule has 0 radical (unpaired) electrons. The van der Waals surface area contributed by atoms with Crippen LogP contribution in [0.25, 0.3) is 0 Å². The van der Waals surface area contributed by atoms with E-state index in [0.717, 1.165) is 32.1 Å². The van der Waals surface area contributed by atoms with Crippen molar-refractivity contribution in [2.45, 2.75) is 113 Å². The molecule has 12 nitrogen and oxygen atoms in total. The normalized spacial score (nSPS) is 38.2. The molecule has 12 heteroatoms. The molecule has 0 aliphatic carbocycles. The second-order valence-electron chi connectivity index (χ2n) is 8.89. The van der Waals surface area contributed by atoms with E-state index in [-0.39, 0.29) is 6.42 Å². The first-order valence-electron chi connectivity index (χ1n) is 12.0. The van der Waals surface area contributed by atoms with Crippen LogP contribution < -0.4 is 0 Å². The third-order valence-corrected chi connectivity index (χ3v) is 6.29. The van der Waals surface area contributed by atoms with Gasteiger partial charge in [0.2, 0.25) is 5.79 Å². The summed E-state index contributed by atoms with van der Waals surface area (Å²) in [6.07, 6.45) is -5.44. The van der Waals surface area contributed by atoms with Gasteiger partial charge >= 0.3 is 5.97 Å². The number of unbranched alkanes of at least 4 members (excludes halogenated alkanes) is 6. The standard InChI is InChI=1S/C22H40O12/c1-2-3-4-5-6-7-8-9-15(26)32-19-14(11-24)31-21(18(29)17(19)28)34-22(12-25)20(30)16(27)13(10-23)33-22/h13-14,16-21,23-25,27-30H,2-12H2,1H3/t13-,14-,16-,17-,18-,19-,20+,21-,22+/m1/s1. The summed E-state index contributed by atoms with van der Waals surface area (Å²) in [6, 6.07) is 0. The number of aliphatic hydroxyl groups excluding tert-OH is 7. The van der Waals surface area contributed by atoms with Crippen LogP contribution in [0.15, 0.2) is 0 Å². The van der Waals surface area contributed by atoms with Gasteiger partial charge in [-0.25, -0.2) is 0 Å². The average Bonchev–Trinajstić information content (AvgIpc) is 3.08. The van der Waals surface area contributed by atoms with Crippen LogP contribution in [-0.2, 0) is 23.7 Å². The van der Waals surface area contributed by atoms with Crippen molar-refractivity contribution in [3.63, 3.8) is 0 Å². The van der Waals surface area contributed by atoms with E-state index in [1.165, 1.54) is 6.42 Å². The lowest BCUT2D eigenvalue weighted by Gasteiger charge is -2.44. The maximum Gasteiger partial charge on any atom is 0.306 e. The fourth-order valence-corrected chi connectivity index (χ4v) is 4.20. The predicted octanol–water partition coefficient (Wildman–Crippen LogP) is -1.70. The second-order valence-corrected chi connectivity index (χ2v) is 8.89. The highest BCUT2D eigenvalue weighted by Crippen LogP contribution is 2.36. The van der Waals surface area contributed by atoms with Gasteiger partial charge in [-0.2, -0.15) is 0 Å². The number of rotatable bonds is 14.